The van der Waals surface area contributed by atoms with Crippen molar-refractivity contribution in [1.29, 1.82) is 5.26 Å². The maximum Gasteiger partial charge on any atom is 0.0832 e. The lowest BCUT2D eigenvalue weighted by molar-refractivity contribution is 0.0653. The van der Waals surface area contributed by atoms with Crippen LogP contribution in [0.25, 0.3) is 0 Å². The fraction of sp³-hybridized carbons (Fsp3) is 0.909. The Kier molecular flexibility index (Phi) is 4.77. The van der Waals surface area contributed by atoms with E-state index in [9.17, 15) is 5.11 Å². The van der Waals surface area contributed by atoms with E-state index in [0.717, 1.165) is 43.6 Å². The summed E-state index contributed by atoms with van der Waals surface area (Å²) >= 11 is 1.84. The molecule has 1 fully saturated rings. The minimum atomic E-state index is -0.408. The summed E-state index contributed by atoms with van der Waals surface area (Å²) in [4.78, 5) is 0. The van der Waals surface area contributed by atoms with Gasteiger partial charge in [-0.15, -0.1) is 0 Å². The molecule has 0 bridgehead atoms. The topological polar surface area (TPSA) is 44.0 Å². The molecule has 3 heteroatoms. The van der Waals surface area contributed by atoms with Crippen LogP contribution in [-0.2, 0) is 0 Å². The highest BCUT2D eigenvalue weighted by Crippen LogP contribution is 2.41. The van der Waals surface area contributed by atoms with Crippen molar-refractivity contribution in [2.75, 3.05) is 11.5 Å². The SMILES string of the molecule is CCSCCC(O)C1(C#N)CCCC1. The number of hydrogen-bond acceptors (Lipinski definition) is 3. The molecule has 0 saturated heterocycles. The van der Waals surface area contributed by atoms with Crippen molar-refractivity contribution in [2.45, 2.75) is 45.1 Å². The van der Waals surface area contributed by atoms with Gasteiger partial charge < -0.3 is 5.11 Å². The van der Waals surface area contributed by atoms with E-state index in [-0.39, 0.29) is 0 Å². The number of hydrogen-bond donors (Lipinski definition) is 1. The van der Waals surface area contributed by atoms with Crippen molar-refractivity contribution < 1.29 is 5.11 Å². The second-order valence-corrected chi connectivity index (χ2v) is 5.37. The monoisotopic (exact) mass is 213 g/mol. The summed E-state index contributed by atoms with van der Waals surface area (Å²) in [5.41, 5.74) is -0.408. The number of nitriles is 1. The molecule has 1 unspecified atom stereocenters. The smallest absolute Gasteiger partial charge is 0.0832 e. The second kappa shape index (κ2) is 5.63. The van der Waals surface area contributed by atoms with Crippen LogP contribution < -0.4 is 0 Å². The van der Waals surface area contributed by atoms with Gasteiger partial charge in [-0.05, 0) is 30.8 Å². The Bertz CT molecular complexity index is 206. The quantitative estimate of drug-likeness (QED) is 0.714. The molecule has 1 rings (SSSR count). The molecule has 1 aliphatic rings. The van der Waals surface area contributed by atoms with Crippen molar-refractivity contribution >= 4 is 11.8 Å². The average Bonchev–Trinajstić information content (AvgIpc) is 2.67. The highest BCUT2D eigenvalue weighted by Gasteiger charge is 2.40. The van der Waals surface area contributed by atoms with E-state index >= 15 is 0 Å². The Morgan fingerprint density at radius 2 is 2.14 bits per heavy atom. The highest BCUT2D eigenvalue weighted by atomic mass is 32.2. The van der Waals surface area contributed by atoms with E-state index in [0.29, 0.717) is 0 Å². The van der Waals surface area contributed by atoms with Crippen molar-refractivity contribution in [1.82, 2.24) is 0 Å². The van der Waals surface area contributed by atoms with Gasteiger partial charge >= 0.3 is 0 Å². The Morgan fingerprint density at radius 1 is 1.50 bits per heavy atom. The second-order valence-electron chi connectivity index (χ2n) is 3.98. The van der Waals surface area contributed by atoms with Gasteiger partial charge in [-0.2, -0.15) is 17.0 Å². The molecule has 1 N–H and O–H groups in total. The van der Waals surface area contributed by atoms with Crippen LogP contribution in [0.15, 0.2) is 0 Å². The van der Waals surface area contributed by atoms with E-state index in [1.165, 1.54) is 0 Å². The lowest BCUT2D eigenvalue weighted by Gasteiger charge is -2.26. The molecule has 2 nitrogen and oxygen atoms in total. The fourth-order valence-electron chi connectivity index (χ4n) is 2.14. The van der Waals surface area contributed by atoms with Crippen LogP contribution in [0.5, 0.6) is 0 Å². The summed E-state index contributed by atoms with van der Waals surface area (Å²) in [5, 5.41) is 19.1. The molecule has 0 amide bonds. The van der Waals surface area contributed by atoms with Crippen molar-refractivity contribution in [3.8, 4) is 6.07 Å². The van der Waals surface area contributed by atoms with E-state index in [4.69, 9.17) is 5.26 Å². The lowest BCUT2D eigenvalue weighted by Crippen LogP contribution is -2.31. The summed E-state index contributed by atoms with van der Waals surface area (Å²) in [6, 6.07) is 2.34. The van der Waals surface area contributed by atoms with Gasteiger partial charge in [0.25, 0.3) is 0 Å². The molecule has 80 valence electrons. The van der Waals surface area contributed by atoms with Gasteiger partial charge in [-0.1, -0.05) is 19.8 Å². The molecule has 0 aliphatic heterocycles. The molecule has 0 aromatic heterocycles. The molecule has 0 radical (unpaired) electrons. The molecule has 0 aromatic rings. The molecule has 14 heavy (non-hydrogen) atoms. The number of rotatable bonds is 5. The summed E-state index contributed by atoms with van der Waals surface area (Å²) in [6.07, 6.45) is 4.35. The number of nitrogens with zero attached hydrogens (tertiary/aromatic N) is 1. The van der Waals surface area contributed by atoms with Crippen LogP contribution in [0.3, 0.4) is 0 Å². The molecule has 0 heterocycles. The zero-order chi connectivity index (χ0) is 10.4. The van der Waals surface area contributed by atoms with Crippen LogP contribution in [0, 0.1) is 16.7 Å². The van der Waals surface area contributed by atoms with Crippen LogP contribution in [-0.4, -0.2) is 22.7 Å². The Balaban J connectivity index is 2.40. The molecule has 1 atom stereocenters. The van der Waals surface area contributed by atoms with Gasteiger partial charge in [0.05, 0.1) is 17.6 Å². The number of aliphatic hydroxyl groups excluding tert-OH is 1. The Labute approximate surface area is 90.7 Å². The summed E-state index contributed by atoms with van der Waals surface area (Å²) in [6.45, 7) is 2.12. The van der Waals surface area contributed by atoms with Crippen molar-refractivity contribution in [3.63, 3.8) is 0 Å². The van der Waals surface area contributed by atoms with Gasteiger partial charge in [-0.3, -0.25) is 0 Å². The van der Waals surface area contributed by atoms with Gasteiger partial charge in [0.15, 0.2) is 0 Å². The zero-order valence-corrected chi connectivity index (χ0v) is 9.65. The fourth-order valence-corrected chi connectivity index (χ4v) is 2.82. The third-order valence-electron chi connectivity index (χ3n) is 3.10. The first kappa shape index (κ1) is 11.9. The van der Waals surface area contributed by atoms with Crippen LogP contribution in [0.4, 0.5) is 0 Å². The summed E-state index contributed by atoms with van der Waals surface area (Å²) < 4.78 is 0. The van der Waals surface area contributed by atoms with E-state index in [2.05, 4.69) is 13.0 Å². The van der Waals surface area contributed by atoms with E-state index in [1.54, 1.807) is 0 Å². The minimum Gasteiger partial charge on any atom is -0.391 e. The van der Waals surface area contributed by atoms with Crippen LogP contribution in [0.2, 0.25) is 0 Å². The average molecular weight is 213 g/mol. The van der Waals surface area contributed by atoms with Gasteiger partial charge in [0.1, 0.15) is 0 Å². The summed E-state index contributed by atoms with van der Waals surface area (Å²) in [7, 11) is 0. The Morgan fingerprint density at radius 3 is 2.64 bits per heavy atom. The molecule has 0 spiro atoms. The van der Waals surface area contributed by atoms with Crippen LogP contribution >= 0.6 is 11.8 Å². The molecular weight excluding hydrogens is 194 g/mol. The first-order valence-electron chi connectivity index (χ1n) is 5.42. The predicted octanol–water partition coefficient (Wildman–Crippen LogP) is 2.57. The third-order valence-corrected chi connectivity index (χ3v) is 4.03. The number of thioether (sulfide) groups is 1. The first-order chi connectivity index (χ1) is 6.75. The summed E-state index contributed by atoms with van der Waals surface area (Å²) in [5.74, 6) is 2.06. The minimum absolute atomic E-state index is 0.408. The van der Waals surface area contributed by atoms with Gasteiger partial charge in [0, 0.05) is 0 Å². The molecule has 0 aromatic carbocycles. The molecule has 1 aliphatic carbocycles. The third kappa shape index (κ3) is 2.65. The van der Waals surface area contributed by atoms with E-state index < -0.39 is 11.5 Å². The molecular formula is C11H19NOS. The zero-order valence-electron chi connectivity index (χ0n) is 8.83. The standard InChI is InChI=1S/C11H19NOS/c1-2-14-8-5-10(13)11(9-12)6-3-4-7-11/h10,13H,2-8H2,1H3. The maximum absolute atomic E-state index is 9.99. The largest absolute Gasteiger partial charge is 0.391 e. The normalized spacial score (nSPS) is 21.8. The van der Waals surface area contributed by atoms with Gasteiger partial charge in [-0.25, -0.2) is 0 Å². The van der Waals surface area contributed by atoms with E-state index in [1.807, 2.05) is 11.8 Å². The van der Waals surface area contributed by atoms with Crippen LogP contribution in [0.1, 0.15) is 39.0 Å². The van der Waals surface area contributed by atoms with Crippen molar-refractivity contribution in [2.24, 2.45) is 5.41 Å². The predicted molar refractivity (Wildman–Crippen MR) is 60.1 cm³/mol. The highest BCUT2D eigenvalue weighted by molar-refractivity contribution is 7.99. The van der Waals surface area contributed by atoms with Gasteiger partial charge in [0.2, 0.25) is 0 Å². The first-order valence-corrected chi connectivity index (χ1v) is 6.57. The number of aliphatic hydroxyl groups is 1. The maximum atomic E-state index is 9.99. The lowest BCUT2D eigenvalue weighted by atomic mass is 9.81. The molecule has 1 saturated carbocycles. The van der Waals surface area contributed by atoms with Crippen molar-refractivity contribution in [3.05, 3.63) is 0 Å². The Hall–Kier alpha value is -0.200.